The minimum Gasteiger partial charge on any atom is -0.371 e. The van der Waals surface area contributed by atoms with Gasteiger partial charge >= 0.3 is 0 Å². The van der Waals surface area contributed by atoms with E-state index in [1.165, 1.54) is 0 Å². The lowest BCUT2D eigenvalue weighted by atomic mass is 10.1. The van der Waals surface area contributed by atoms with Crippen molar-refractivity contribution in [2.45, 2.75) is 18.9 Å². The van der Waals surface area contributed by atoms with E-state index in [1.54, 1.807) is 6.08 Å². The van der Waals surface area contributed by atoms with Gasteiger partial charge in [0.15, 0.2) is 0 Å². The molecule has 2 rings (SSSR count). The van der Waals surface area contributed by atoms with E-state index < -0.39 is 0 Å². The van der Waals surface area contributed by atoms with Crippen molar-refractivity contribution in [3.63, 3.8) is 0 Å². The summed E-state index contributed by atoms with van der Waals surface area (Å²) in [5, 5.41) is 0. The molecule has 15 heavy (non-hydrogen) atoms. The molecule has 1 aromatic rings. The van der Waals surface area contributed by atoms with Crippen LogP contribution in [0.4, 0.5) is 4.39 Å². The van der Waals surface area contributed by atoms with Gasteiger partial charge in [-0.3, -0.25) is 0 Å². The summed E-state index contributed by atoms with van der Waals surface area (Å²) in [6.07, 6.45) is 2.94. The van der Waals surface area contributed by atoms with E-state index in [0.29, 0.717) is 6.61 Å². The maximum Gasteiger partial charge on any atom is 0.129 e. The third-order valence-electron chi connectivity index (χ3n) is 2.44. The predicted molar refractivity (Wildman–Crippen MR) is 62.2 cm³/mol. The molecule has 3 heteroatoms. The minimum absolute atomic E-state index is 0.181. The molecule has 0 aliphatic carbocycles. The van der Waals surface area contributed by atoms with Crippen LogP contribution in [0.2, 0.25) is 0 Å². The second-order valence-electron chi connectivity index (χ2n) is 3.55. The van der Waals surface area contributed by atoms with Gasteiger partial charge in [-0.15, -0.1) is 0 Å². The third-order valence-corrected chi connectivity index (χ3v) is 3.16. The van der Waals surface area contributed by atoms with E-state index in [2.05, 4.69) is 15.9 Å². The van der Waals surface area contributed by atoms with Gasteiger partial charge in [0.1, 0.15) is 11.9 Å². The summed E-state index contributed by atoms with van der Waals surface area (Å²) >= 11 is 3.38. The molecule has 1 unspecified atom stereocenters. The Morgan fingerprint density at radius 3 is 2.93 bits per heavy atom. The fraction of sp³-hybridized carbons (Fsp3) is 0.333. The fourth-order valence-corrected chi connectivity index (χ4v) is 2.03. The number of halogens is 2. The Labute approximate surface area is 97.1 Å². The van der Waals surface area contributed by atoms with Crippen LogP contribution >= 0.6 is 15.9 Å². The molecule has 0 bridgehead atoms. The first-order valence-electron chi connectivity index (χ1n) is 5.00. The molecule has 1 fully saturated rings. The highest BCUT2D eigenvalue weighted by Crippen LogP contribution is 2.25. The lowest BCUT2D eigenvalue weighted by Gasteiger charge is -2.06. The minimum atomic E-state index is -0.336. The molecule has 80 valence electrons. The van der Waals surface area contributed by atoms with Crippen LogP contribution in [0.15, 0.2) is 34.6 Å². The summed E-state index contributed by atoms with van der Waals surface area (Å²) in [6, 6.07) is 7.57. The molecule has 1 nitrogen and oxygen atoms in total. The second-order valence-corrected chi connectivity index (χ2v) is 4.41. The van der Waals surface area contributed by atoms with E-state index in [0.717, 1.165) is 22.9 Å². The van der Waals surface area contributed by atoms with Crippen LogP contribution in [0.5, 0.6) is 0 Å². The SMILES string of the molecule is F/C(=C\c1ccccc1Br)C1CCCO1. The van der Waals surface area contributed by atoms with Crippen molar-refractivity contribution in [2.75, 3.05) is 6.61 Å². The average Bonchev–Trinajstić information content (AvgIpc) is 2.74. The summed E-state index contributed by atoms with van der Waals surface area (Å²) in [5.41, 5.74) is 0.852. The quantitative estimate of drug-likeness (QED) is 0.791. The number of hydrogen-bond donors (Lipinski definition) is 0. The van der Waals surface area contributed by atoms with Crippen molar-refractivity contribution in [1.29, 1.82) is 0 Å². The lowest BCUT2D eigenvalue weighted by Crippen LogP contribution is -2.04. The van der Waals surface area contributed by atoms with Crippen molar-refractivity contribution < 1.29 is 9.13 Å². The molecule has 0 saturated carbocycles. The maximum absolute atomic E-state index is 13.7. The standard InChI is InChI=1S/C12H12BrFO/c13-10-5-2-1-4-9(10)8-11(14)12-6-3-7-15-12/h1-2,4-5,8,12H,3,6-7H2/b11-8-. The van der Waals surface area contributed by atoms with Crippen LogP contribution in [0.3, 0.4) is 0 Å². The largest absolute Gasteiger partial charge is 0.371 e. The van der Waals surface area contributed by atoms with Gasteiger partial charge in [-0.1, -0.05) is 34.1 Å². The van der Waals surface area contributed by atoms with Gasteiger partial charge in [0, 0.05) is 11.1 Å². The zero-order valence-corrected chi connectivity index (χ0v) is 9.84. The zero-order valence-electron chi connectivity index (χ0n) is 8.25. The number of ether oxygens (including phenoxy) is 1. The molecule has 1 heterocycles. The summed E-state index contributed by atoms with van der Waals surface area (Å²) in [7, 11) is 0. The highest BCUT2D eigenvalue weighted by molar-refractivity contribution is 9.10. The molecule has 0 amide bonds. The van der Waals surface area contributed by atoms with E-state index >= 15 is 0 Å². The van der Waals surface area contributed by atoms with Gasteiger partial charge in [-0.25, -0.2) is 4.39 Å². The zero-order chi connectivity index (χ0) is 10.7. The van der Waals surface area contributed by atoms with Gasteiger partial charge < -0.3 is 4.74 Å². The number of benzene rings is 1. The van der Waals surface area contributed by atoms with Crippen molar-refractivity contribution in [1.82, 2.24) is 0 Å². The van der Waals surface area contributed by atoms with E-state index in [4.69, 9.17) is 4.74 Å². The molecule has 1 atom stereocenters. The first-order valence-corrected chi connectivity index (χ1v) is 5.80. The Morgan fingerprint density at radius 2 is 2.27 bits per heavy atom. The molecule has 0 N–H and O–H groups in total. The van der Waals surface area contributed by atoms with Gasteiger partial charge in [-0.05, 0) is 30.5 Å². The summed E-state index contributed by atoms with van der Waals surface area (Å²) in [6.45, 7) is 0.669. The van der Waals surface area contributed by atoms with E-state index in [1.807, 2.05) is 24.3 Å². The van der Waals surface area contributed by atoms with E-state index in [9.17, 15) is 4.39 Å². The van der Waals surface area contributed by atoms with Crippen LogP contribution in [-0.4, -0.2) is 12.7 Å². The van der Waals surface area contributed by atoms with Crippen molar-refractivity contribution in [3.8, 4) is 0 Å². The Kier molecular flexibility index (Phi) is 3.54. The van der Waals surface area contributed by atoms with Gasteiger partial charge in [-0.2, -0.15) is 0 Å². The van der Waals surface area contributed by atoms with Crippen LogP contribution < -0.4 is 0 Å². The molecular formula is C12H12BrFO. The van der Waals surface area contributed by atoms with Gasteiger partial charge in [0.05, 0.1) is 0 Å². The van der Waals surface area contributed by atoms with Crippen LogP contribution in [0.25, 0.3) is 6.08 Å². The monoisotopic (exact) mass is 270 g/mol. The Bertz CT molecular complexity index is 370. The smallest absolute Gasteiger partial charge is 0.129 e. The first kappa shape index (κ1) is 10.8. The molecular weight excluding hydrogens is 259 g/mol. The molecule has 0 aromatic heterocycles. The van der Waals surface area contributed by atoms with Crippen molar-refractivity contribution >= 4 is 22.0 Å². The average molecular weight is 271 g/mol. The first-order chi connectivity index (χ1) is 7.27. The van der Waals surface area contributed by atoms with E-state index in [-0.39, 0.29) is 11.9 Å². The van der Waals surface area contributed by atoms with Crippen molar-refractivity contribution in [3.05, 3.63) is 40.1 Å². The number of rotatable bonds is 2. The van der Waals surface area contributed by atoms with Gasteiger partial charge in [0.25, 0.3) is 0 Å². The Balaban J connectivity index is 2.18. The van der Waals surface area contributed by atoms with Crippen LogP contribution in [0.1, 0.15) is 18.4 Å². The van der Waals surface area contributed by atoms with Crippen LogP contribution in [-0.2, 0) is 4.74 Å². The third kappa shape index (κ3) is 2.67. The van der Waals surface area contributed by atoms with Crippen molar-refractivity contribution in [2.24, 2.45) is 0 Å². The molecule has 1 aliphatic rings. The molecule has 0 radical (unpaired) electrons. The normalized spacial score (nSPS) is 22.0. The highest BCUT2D eigenvalue weighted by atomic mass is 79.9. The molecule has 1 aromatic carbocycles. The fourth-order valence-electron chi connectivity index (χ4n) is 1.63. The molecule has 1 saturated heterocycles. The topological polar surface area (TPSA) is 9.23 Å². The molecule has 0 spiro atoms. The second kappa shape index (κ2) is 4.90. The maximum atomic E-state index is 13.7. The van der Waals surface area contributed by atoms with Gasteiger partial charge in [0.2, 0.25) is 0 Å². The predicted octanol–water partition coefficient (Wildman–Crippen LogP) is 3.94. The lowest BCUT2D eigenvalue weighted by molar-refractivity contribution is 0.120. The van der Waals surface area contributed by atoms with Crippen LogP contribution in [0, 0.1) is 0 Å². The summed E-state index contributed by atoms with van der Waals surface area (Å²) in [5.74, 6) is -0.181. The Morgan fingerprint density at radius 1 is 1.47 bits per heavy atom. The Hall–Kier alpha value is -0.670. The summed E-state index contributed by atoms with van der Waals surface area (Å²) < 4.78 is 19.9. The molecule has 1 aliphatic heterocycles. The highest BCUT2D eigenvalue weighted by Gasteiger charge is 2.20. The summed E-state index contributed by atoms with van der Waals surface area (Å²) in [4.78, 5) is 0. The number of hydrogen-bond acceptors (Lipinski definition) is 1.